The second-order valence-corrected chi connectivity index (χ2v) is 5.16. The van der Waals surface area contributed by atoms with Crippen LogP contribution in [0.3, 0.4) is 0 Å². The highest BCUT2D eigenvalue weighted by molar-refractivity contribution is 5.77. The molecule has 4 nitrogen and oxygen atoms in total. The minimum Gasteiger partial charge on any atom is -0.481 e. The summed E-state index contributed by atoms with van der Waals surface area (Å²) in [5, 5.41) is 8.88. The van der Waals surface area contributed by atoms with E-state index in [1.54, 1.807) is 0 Å². The first kappa shape index (κ1) is 15.0. The first-order valence-corrected chi connectivity index (χ1v) is 7.15. The van der Waals surface area contributed by atoms with Crippen molar-refractivity contribution in [3.63, 3.8) is 0 Å². The Morgan fingerprint density at radius 3 is 2.28 bits per heavy atom. The van der Waals surface area contributed by atoms with Crippen LogP contribution in [0, 0.1) is 5.92 Å². The first-order valence-electron chi connectivity index (χ1n) is 7.15. The monoisotopic (exact) mass is 255 g/mol. The average molecular weight is 255 g/mol. The Labute approximate surface area is 109 Å². The van der Waals surface area contributed by atoms with Gasteiger partial charge in [-0.25, -0.2) is 0 Å². The summed E-state index contributed by atoms with van der Waals surface area (Å²) in [4.78, 5) is 24.5. The molecule has 0 aliphatic carbocycles. The van der Waals surface area contributed by atoms with Gasteiger partial charge in [0, 0.05) is 19.5 Å². The Morgan fingerprint density at radius 2 is 1.72 bits per heavy atom. The fourth-order valence-corrected chi connectivity index (χ4v) is 2.41. The van der Waals surface area contributed by atoms with Crippen LogP contribution in [0.2, 0.25) is 0 Å². The number of carbonyl (C=O) groups is 2. The van der Waals surface area contributed by atoms with Gasteiger partial charge in [0.2, 0.25) is 5.91 Å². The van der Waals surface area contributed by atoms with Crippen molar-refractivity contribution in [1.82, 2.24) is 4.90 Å². The molecule has 1 aliphatic heterocycles. The predicted molar refractivity (Wildman–Crippen MR) is 70.3 cm³/mol. The van der Waals surface area contributed by atoms with Crippen molar-refractivity contribution in [2.45, 2.75) is 58.3 Å². The normalized spacial score (nSPS) is 16.8. The fourth-order valence-electron chi connectivity index (χ4n) is 2.41. The minimum absolute atomic E-state index is 0.204. The molecule has 104 valence electrons. The highest BCUT2D eigenvalue weighted by Crippen LogP contribution is 2.18. The van der Waals surface area contributed by atoms with E-state index < -0.39 is 5.97 Å². The molecular formula is C14H25NO3. The summed E-state index contributed by atoms with van der Waals surface area (Å²) in [7, 11) is 0. The van der Waals surface area contributed by atoms with Gasteiger partial charge in [-0.15, -0.1) is 0 Å². The van der Waals surface area contributed by atoms with Crippen molar-refractivity contribution in [3.8, 4) is 0 Å². The fraction of sp³-hybridized carbons (Fsp3) is 0.857. The van der Waals surface area contributed by atoms with Gasteiger partial charge in [0.15, 0.2) is 0 Å². The van der Waals surface area contributed by atoms with E-state index in [0.717, 1.165) is 12.8 Å². The van der Waals surface area contributed by atoms with E-state index in [0.29, 0.717) is 32.4 Å². The number of unbranched alkanes of at least 4 members (excludes halogenated alkanes) is 4. The molecule has 1 N–H and O–H groups in total. The number of aliphatic carboxylic acids is 1. The van der Waals surface area contributed by atoms with E-state index in [-0.39, 0.29) is 11.8 Å². The van der Waals surface area contributed by atoms with E-state index in [2.05, 4.69) is 6.92 Å². The molecular weight excluding hydrogens is 230 g/mol. The molecule has 1 heterocycles. The zero-order chi connectivity index (χ0) is 13.4. The summed E-state index contributed by atoms with van der Waals surface area (Å²) >= 11 is 0. The molecule has 0 aromatic rings. The van der Waals surface area contributed by atoms with E-state index in [9.17, 15) is 9.59 Å². The van der Waals surface area contributed by atoms with Crippen LogP contribution >= 0.6 is 0 Å². The van der Waals surface area contributed by atoms with Crippen LogP contribution in [0.15, 0.2) is 0 Å². The molecule has 0 unspecified atom stereocenters. The first-order chi connectivity index (χ1) is 8.65. The second kappa shape index (κ2) is 8.11. The molecule has 1 amide bonds. The molecule has 1 fully saturated rings. The van der Waals surface area contributed by atoms with Gasteiger partial charge >= 0.3 is 5.97 Å². The van der Waals surface area contributed by atoms with Gasteiger partial charge < -0.3 is 10.0 Å². The number of carboxylic acids is 1. The van der Waals surface area contributed by atoms with Crippen LogP contribution in [0.4, 0.5) is 0 Å². The van der Waals surface area contributed by atoms with Crippen LogP contribution in [0.25, 0.3) is 0 Å². The van der Waals surface area contributed by atoms with Crippen LogP contribution < -0.4 is 0 Å². The molecule has 0 aromatic heterocycles. The lowest BCUT2D eigenvalue weighted by Gasteiger charge is -2.30. The van der Waals surface area contributed by atoms with Gasteiger partial charge in [0.1, 0.15) is 0 Å². The maximum Gasteiger partial charge on any atom is 0.306 e. The summed E-state index contributed by atoms with van der Waals surface area (Å²) in [6, 6.07) is 0. The predicted octanol–water partition coefficient (Wildman–Crippen LogP) is 2.67. The van der Waals surface area contributed by atoms with Crippen molar-refractivity contribution in [2.24, 2.45) is 5.92 Å². The van der Waals surface area contributed by atoms with Gasteiger partial charge in [0.05, 0.1) is 5.92 Å². The molecule has 1 saturated heterocycles. The Hall–Kier alpha value is -1.06. The smallest absolute Gasteiger partial charge is 0.306 e. The number of hydrogen-bond acceptors (Lipinski definition) is 2. The third-order valence-electron chi connectivity index (χ3n) is 3.69. The van der Waals surface area contributed by atoms with Crippen LogP contribution in [-0.2, 0) is 9.59 Å². The average Bonchev–Trinajstić information content (AvgIpc) is 2.38. The summed E-state index contributed by atoms with van der Waals surface area (Å²) in [6.45, 7) is 3.41. The number of rotatable bonds is 7. The third kappa shape index (κ3) is 5.07. The molecule has 1 rings (SSSR count). The molecule has 18 heavy (non-hydrogen) atoms. The second-order valence-electron chi connectivity index (χ2n) is 5.16. The number of carbonyl (C=O) groups excluding carboxylic acids is 1. The van der Waals surface area contributed by atoms with E-state index in [4.69, 9.17) is 5.11 Å². The molecule has 0 atom stereocenters. The lowest BCUT2D eigenvalue weighted by atomic mass is 9.97. The zero-order valence-corrected chi connectivity index (χ0v) is 11.4. The highest BCUT2D eigenvalue weighted by Gasteiger charge is 2.26. The number of hydrogen-bond donors (Lipinski definition) is 1. The number of likely N-dealkylation sites (tertiary alicyclic amines) is 1. The zero-order valence-electron chi connectivity index (χ0n) is 11.4. The standard InChI is InChI=1S/C14H25NO3/c1-2-3-4-5-6-7-13(16)15-10-8-12(9-11-15)14(17)18/h12H,2-11H2,1H3,(H,17,18). The van der Waals surface area contributed by atoms with Gasteiger partial charge in [-0.1, -0.05) is 32.6 Å². The maximum absolute atomic E-state index is 11.9. The Bertz CT molecular complexity index is 270. The molecule has 0 radical (unpaired) electrons. The molecule has 0 aromatic carbocycles. The van der Waals surface area contributed by atoms with Gasteiger partial charge in [-0.05, 0) is 19.3 Å². The topological polar surface area (TPSA) is 57.6 Å². The number of carboxylic acid groups (broad SMARTS) is 1. The van der Waals surface area contributed by atoms with Crippen molar-refractivity contribution in [1.29, 1.82) is 0 Å². The quantitative estimate of drug-likeness (QED) is 0.711. The number of nitrogens with zero attached hydrogens (tertiary/aromatic N) is 1. The van der Waals surface area contributed by atoms with E-state index >= 15 is 0 Å². The molecule has 1 aliphatic rings. The van der Waals surface area contributed by atoms with Crippen molar-refractivity contribution < 1.29 is 14.7 Å². The van der Waals surface area contributed by atoms with Crippen LogP contribution in [-0.4, -0.2) is 35.0 Å². The SMILES string of the molecule is CCCCCCCC(=O)N1CCC(C(=O)O)CC1. The lowest BCUT2D eigenvalue weighted by molar-refractivity contribution is -0.145. The third-order valence-corrected chi connectivity index (χ3v) is 3.69. The summed E-state index contributed by atoms with van der Waals surface area (Å²) in [5.74, 6) is -0.768. The molecule has 0 saturated carbocycles. The van der Waals surface area contributed by atoms with Crippen LogP contribution in [0.1, 0.15) is 58.3 Å². The van der Waals surface area contributed by atoms with Crippen molar-refractivity contribution in [3.05, 3.63) is 0 Å². The Balaban J connectivity index is 2.14. The van der Waals surface area contributed by atoms with E-state index in [1.165, 1.54) is 19.3 Å². The van der Waals surface area contributed by atoms with Gasteiger partial charge in [0.25, 0.3) is 0 Å². The summed E-state index contributed by atoms with van der Waals surface area (Å²) in [5.41, 5.74) is 0. The summed E-state index contributed by atoms with van der Waals surface area (Å²) in [6.07, 6.45) is 7.62. The molecule has 4 heteroatoms. The minimum atomic E-state index is -0.721. The largest absolute Gasteiger partial charge is 0.481 e. The number of amides is 1. The van der Waals surface area contributed by atoms with Crippen LogP contribution in [0.5, 0.6) is 0 Å². The van der Waals surface area contributed by atoms with Gasteiger partial charge in [-0.2, -0.15) is 0 Å². The van der Waals surface area contributed by atoms with E-state index in [1.807, 2.05) is 4.90 Å². The maximum atomic E-state index is 11.9. The lowest BCUT2D eigenvalue weighted by Crippen LogP contribution is -2.40. The van der Waals surface area contributed by atoms with Crippen molar-refractivity contribution >= 4 is 11.9 Å². The molecule has 0 spiro atoms. The highest BCUT2D eigenvalue weighted by atomic mass is 16.4. The number of piperidine rings is 1. The van der Waals surface area contributed by atoms with Gasteiger partial charge in [-0.3, -0.25) is 9.59 Å². The summed E-state index contributed by atoms with van der Waals surface area (Å²) < 4.78 is 0. The van der Waals surface area contributed by atoms with Crippen molar-refractivity contribution in [2.75, 3.05) is 13.1 Å². The molecule has 0 bridgehead atoms. The Kier molecular flexibility index (Phi) is 6.76. The Morgan fingerprint density at radius 1 is 1.11 bits per heavy atom.